The van der Waals surface area contributed by atoms with Crippen molar-refractivity contribution in [3.8, 4) is 22.6 Å². The van der Waals surface area contributed by atoms with Crippen LogP contribution in [0.2, 0.25) is 0 Å². The fraction of sp³-hybridized carbons (Fsp3) is 0.208. The maximum atomic E-state index is 14.6. The van der Waals surface area contributed by atoms with Gasteiger partial charge in [-0.2, -0.15) is 26.3 Å². The normalized spacial score (nSPS) is 12.4. The Bertz CT molecular complexity index is 1530. The van der Waals surface area contributed by atoms with Crippen LogP contribution in [0, 0.1) is 29.6 Å². The Morgan fingerprint density at radius 3 is 1.77 bits per heavy atom. The van der Waals surface area contributed by atoms with Gasteiger partial charge in [-0.1, -0.05) is 29.1 Å². The van der Waals surface area contributed by atoms with Crippen molar-refractivity contribution in [3.05, 3.63) is 88.6 Å². The number of halogens is 10. The molecule has 0 aromatic carbocycles. The Hall–Kier alpha value is -3.28. The molecular weight excluding hydrogens is 729 g/mol. The van der Waals surface area contributed by atoms with E-state index >= 15 is 0 Å². The van der Waals surface area contributed by atoms with Gasteiger partial charge in [-0.3, -0.25) is 15.0 Å². The van der Waals surface area contributed by atoms with Crippen LogP contribution in [0.3, 0.4) is 0 Å². The largest absolute Gasteiger partial charge is 2.00 e. The second-order valence-electron chi connectivity index (χ2n) is 8.52. The molecule has 0 aliphatic heterocycles. The molecule has 0 aliphatic rings. The molecule has 0 unspecified atom stereocenters. The van der Waals surface area contributed by atoms with Crippen molar-refractivity contribution >= 4 is 0 Å². The molecule has 39 heavy (non-hydrogen) atoms. The zero-order valence-corrected chi connectivity index (χ0v) is 21.6. The summed E-state index contributed by atoms with van der Waals surface area (Å²) in [7, 11) is 0. The van der Waals surface area contributed by atoms with Crippen LogP contribution in [0.5, 0.6) is 0 Å². The summed E-state index contributed by atoms with van der Waals surface area (Å²) in [5, 5.41) is 0. The molecule has 0 fully saturated rings. The molecule has 0 amide bonds. The van der Waals surface area contributed by atoms with Gasteiger partial charge in [0.15, 0.2) is 0 Å². The van der Waals surface area contributed by atoms with Crippen molar-refractivity contribution in [2.24, 2.45) is 0 Å². The van der Waals surface area contributed by atoms with Crippen molar-refractivity contribution < 1.29 is 65.0 Å². The zero-order valence-electron chi connectivity index (χ0n) is 19.3. The van der Waals surface area contributed by atoms with E-state index in [4.69, 9.17) is 0 Å². The summed E-state index contributed by atoms with van der Waals surface area (Å²) in [4.78, 5) is 14.0. The van der Waals surface area contributed by atoms with Gasteiger partial charge in [0, 0.05) is 16.7 Å². The molecule has 0 N–H and O–H groups in total. The molecule has 0 spiro atoms. The average molecular weight is 741 g/mol. The molecule has 4 nitrogen and oxygen atoms in total. The van der Waals surface area contributed by atoms with Crippen LogP contribution in [-0.2, 0) is 38.8 Å². The molecule has 4 aromatic rings. The SMILES string of the molecule is CC(C)(c1cc(F)cc(-c2[c-]cc(F)nc2F)n1)c1cc(F)cc(-c2[n-]c(C(F)(F)F)cc2C(F)(F)F)n1.[Pt+2]. The van der Waals surface area contributed by atoms with Crippen molar-refractivity contribution in [2.45, 2.75) is 31.6 Å². The minimum Gasteiger partial charge on any atom is -0.652 e. The topological polar surface area (TPSA) is 52.8 Å². The van der Waals surface area contributed by atoms with E-state index in [1.54, 1.807) is 0 Å². The van der Waals surface area contributed by atoms with E-state index < -0.39 is 69.5 Å². The third-order valence-electron chi connectivity index (χ3n) is 5.47. The number of hydrogen-bond donors (Lipinski definition) is 0. The standard InChI is InChI=1S/C24H12F10N4.Pt/c1-22(2,16-7-10(25)5-14(35-16)12-3-4-19(27)38-21(12)28)17-8-11(26)6-15(36-17)20-13(23(29,30)31)9-18(37-20)24(32,33)34;/h4-9H,1-2H3;/q-2;+2. The van der Waals surface area contributed by atoms with Crippen molar-refractivity contribution in [2.75, 3.05) is 0 Å². The smallest absolute Gasteiger partial charge is 0.652 e. The van der Waals surface area contributed by atoms with Gasteiger partial charge >= 0.3 is 33.4 Å². The fourth-order valence-electron chi connectivity index (χ4n) is 3.54. The van der Waals surface area contributed by atoms with Crippen molar-refractivity contribution in [3.63, 3.8) is 0 Å². The molecule has 0 bridgehead atoms. The van der Waals surface area contributed by atoms with Crippen LogP contribution >= 0.6 is 0 Å². The van der Waals surface area contributed by atoms with E-state index in [2.05, 4.69) is 26.0 Å². The van der Waals surface area contributed by atoms with Gasteiger partial charge in [-0.25, -0.2) is 17.6 Å². The quantitative estimate of drug-likeness (QED) is 0.130. The molecule has 0 radical (unpaired) electrons. The Kier molecular flexibility index (Phi) is 8.04. The Balaban J connectivity index is 0.00000420. The van der Waals surface area contributed by atoms with Crippen LogP contribution in [0.25, 0.3) is 22.6 Å². The first kappa shape index (κ1) is 30.3. The summed E-state index contributed by atoms with van der Waals surface area (Å²) in [5.74, 6) is -4.71. The summed E-state index contributed by atoms with van der Waals surface area (Å²) in [6.45, 7) is 2.63. The van der Waals surface area contributed by atoms with Crippen LogP contribution in [0.4, 0.5) is 43.9 Å². The van der Waals surface area contributed by atoms with Gasteiger partial charge in [0.2, 0.25) is 0 Å². The molecular formula is C24H12F10N4Pt. The third-order valence-corrected chi connectivity index (χ3v) is 5.47. The van der Waals surface area contributed by atoms with E-state index in [9.17, 15) is 43.9 Å². The number of rotatable bonds is 4. The monoisotopic (exact) mass is 741 g/mol. The second kappa shape index (κ2) is 10.4. The van der Waals surface area contributed by atoms with Gasteiger partial charge < -0.3 is 4.98 Å². The predicted octanol–water partition coefficient (Wildman–Crippen LogP) is 6.88. The summed E-state index contributed by atoms with van der Waals surface area (Å²) >= 11 is 0. The van der Waals surface area contributed by atoms with E-state index in [1.165, 1.54) is 13.8 Å². The second-order valence-corrected chi connectivity index (χ2v) is 8.52. The summed E-state index contributed by atoms with van der Waals surface area (Å²) in [5.41, 5.74) is -8.85. The number of pyridine rings is 3. The maximum absolute atomic E-state index is 14.6. The first-order valence-electron chi connectivity index (χ1n) is 10.4. The number of nitrogens with zero attached hydrogens (tertiary/aromatic N) is 4. The van der Waals surface area contributed by atoms with Gasteiger partial charge in [-0.05, 0) is 43.8 Å². The van der Waals surface area contributed by atoms with Gasteiger partial charge in [0.25, 0.3) is 0 Å². The molecule has 208 valence electrons. The summed E-state index contributed by atoms with van der Waals surface area (Å²) in [6, 6.07) is 5.55. The predicted molar refractivity (Wildman–Crippen MR) is 111 cm³/mol. The van der Waals surface area contributed by atoms with E-state index in [0.29, 0.717) is 12.1 Å². The molecule has 0 saturated carbocycles. The average Bonchev–Trinajstić information content (AvgIpc) is 3.25. The first-order valence-corrected chi connectivity index (χ1v) is 10.4. The fourth-order valence-corrected chi connectivity index (χ4v) is 3.54. The molecule has 0 saturated heterocycles. The van der Waals surface area contributed by atoms with Crippen LogP contribution in [0.15, 0.2) is 36.4 Å². The Morgan fingerprint density at radius 2 is 1.26 bits per heavy atom. The maximum Gasteiger partial charge on any atom is 2.00 e. The van der Waals surface area contributed by atoms with E-state index in [0.717, 1.165) is 18.2 Å². The van der Waals surface area contributed by atoms with Crippen LogP contribution < -0.4 is 4.98 Å². The van der Waals surface area contributed by atoms with Gasteiger partial charge in [-0.15, -0.1) is 6.07 Å². The third kappa shape index (κ3) is 6.15. The molecule has 0 aliphatic carbocycles. The number of hydrogen-bond acceptors (Lipinski definition) is 3. The molecule has 15 heteroatoms. The summed E-state index contributed by atoms with van der Waals surface area (Å²) < 4.78 is 136. The van der Waals surface area contributed by atoms with E-state index in [1.807, 2.05) is 0 Å². The number of alkyl halides is 6. The van der Waals surface area contributed by atoms with Gasteiger partial charge in [0.1, 0.15) is 23.5 Å². The minimum atomic E-state index is -5.28. The van der Waals surface area contributed by atoms with E-state index in [-0.39, 0.29) is 44.2 Å². The summed E-state index contributed by atoms with van der Waals surface area (Å²) in [6.07, 6.45) is -10.5. The van der Waals surface area contributed by atoms with Crippen LogP contribution in [0.1, 0.15) is 36.5 Å². The molecule has 4 aromatic heterocycles. The molecule has 4 heterocycles. The Morgan fingerprint density at radius 1 is 0.718 bits per heavy atom. The molecule has 4 rings (SSSR count). The first-order chi connectivity index (χ1) is 17.5. The molecule has 0 atom stereocenters. The Labute approximate surface area is 227 Å². The minimum absolute atomic E-state index is 0. The van der Waals surface area contributed by atoms with Crippen molar-refractivity contribution in [1.82, 2.24) is 19.9 Å². The van der Waals surface area contributed by atoms with Crippen LogP contribution in [-0.4, -0.2) is 15.0 Å². The van der Waals surface area contributed by atoms with Crippen molar-refractivity contribution in [1.29, 1.82) is 0 Å². The van der Waals surface area contributed by atoms with Gasteiger partial charge in [0.05, 0.1) is 11.4 Å². The zero-order chi connectivity index (χ0) is 28.2. The number of aromatic nitrogens is 4.